The summed E-state index contributed by atoms with van der Waals surface area (Å²) in [6, 6.07) is 25.1. The third-order valence-electron chi connectivity index (χ3n) is 4.24. The van der Waals surface area contributed by atoms with Crippen LogP contribution in [0.25, 0.3) is 0 Å². The predicted molar refractivity (Wildman–Crippen MR) is 94.9 cm³/mol. The molecule has 23 heavy (non-hydrogen) atoms. The first kappa shape index (κ1) is 16.9. The van der Waals surface area contributed by atoms with Crippen molar-refractivity contribution in [3.05, 3.63) is 77.8 Å². The zero-order valence-corrected chi connectivity index (χ0v) is 17.3. The first-order chi connectivity index (χ1) is 10.7. The molecule has 1 aliphatic heterocycles. The van der Waals surface area contributed by atoms with Crippen molar-refractivity contribution < 1.29 is 28.7 Å². The Morgan fingerprint density at radius 1 is 0.783 bits per heavy atom. The van der Waals surface area contributed by atoms with Gasteiger partial charge in [0.05, 0.1) is 0 Å². The largest absolute Gasteiger partial charge is 1.00 e. The molecule has 0 radical (unpaired) electrons. The van der Waals surface area contributed by atoms with E-state index in [1.807, 2.05) is 24.3 Å². The molecule has 0 fully saturated rings. The number of rotatable bonds is 1. The maximum atomic E-state index is 6.28. The third kappa shape index (κ3) is 2.71. The molecule has 0 unspecified atom stereocenters. The molecule has 3 aromatic rings. The van der Waals surface area contributed by atoms with Gasteiger partial charge >= 0.3 is 138 Å². The Kier molecular flexibility index (Phi) is 4.77. The maximum Gasteiger partial charge on any atom is -1.00 e. The van der Waals surface area contributed by atoms with Crippen LogP contribution in [0.5, 0.6) is 11.5 Å². The summed E-state index contributed by atoms with van der Waals surface area (Å²) in [5.74, 6) is 1.97. The van der Waals surface area contributed by atoms with E-state index in [1.54, 1.807) is 0 Å². The molecule has 4 heteroatoms. The van der Waals surface area contributed by atoms with Crippen LogP contribution < -0.4 is 41.8 Å². The molecule has 0 N–H and O–H groups in total. The minimum absolute atomic E-state index is 0. The Bertz CT molecular complexity index is 820. The molecule has 0 spiro atoms. The summed E-state index contributed by atoms with van der Waals surface area (Å²) in [5.41, 5.74) is 2.41. The van der Waals surface area contributed by atoms with Crippen LogP contribution in [0.4, 0.5) is 0 Å². The van der Waals surface area contributed by atoms with E-state index >= 15 is 0 Å². The minimum Gasteiger partial charge on any atom is -1.00 e. The molecule has 0 aliphatic carbocycles. The summed E-state index contributed by atoms with van der Waals surface area (Å²) in [7, 11) is 0. The second kappa shape index (κ2) is 6.50. The Labute approximate surface area is 161 Å². The predicted octanol–water partition coefficient (Wildman–Crippen LogP) is 0.550. The first-order valence-electron chi connectivity index (χ1n) is 7.19. The van der Waals surface area contributed by atoms with Gasteiger partial charge in [-0.2, -0.15) is 0 Å². The summed E-state index contributed by atoms with van der Waals surface area (Å²) < 4.78 is 10.1. The average Bonchev–Trinajstić information content (AvgIpc) is 2.55. The molecule has 0 aromatic heterocycles. The topological polar surface area (TPSA) is 9.23 Å². The zero-order valence-electron chi connectivity index (χ0n) is 12.5. The monoisotopic (exact) mass is 496 g/mol. The van der Waals surface area contributed by atoms with Gasteiger partial charge in [0, 0.05) is 0 Å². The second-order valence-corrected chi connectivity index (χ2v) is 13.3. The number of benzene rings is 3. The van der Waals surface area contributed by atoms with E-state index in [1.165, 1.54) is 13.1 Å². The van der Waals surface area contributed by atoms with Gasteiger partial charge < -0.3 is 24.0 Å². The van der Waals surface area contributed by atoms with Gasteiger partial charge in [-0.1, -0.05) is 0 Å². The molecule has 3 aromatic carbocycles. The van der Waals surface area contributed by atoms with Crippen molar-refractivity contribution in [3.63, 3.8) is 0 Å². The van der Waals surface area contributed by atoms with Crippen LogP contribution >= 0.6 is 11.6 Å². The fourth-order valence-corrected chi connectivity index (χ4v) is 10.8. The Morgan fingerprint density at radius 2 is 1.35 bits per heavy atom. The maximum absolute atomic E-state index is 6.28. The zero-order chi connectivity index (χ0) is 15.2. The molecular weight excluding hydrogens is 481 g/mol. The quantitative estimate of drug-likeness (QED) is 0.353. The van der Waals surface area contributed by atoms with Crippen molar-refractivity contribution in [2.45, 2.75) is 5.71 Å². The van der Waals surface area contributed by atoms with Gasteiger partial charge in [0.25, 0.3) is 0 Å². The third-order valence-corrected chi connectivity index (χ3v) is 12.8. The number of hydrogen-bond donors (Lipinski definition) is 0. The smallest absolute Gasteiger partial charge is 1.00 e. The molecule has 116 valence electrons. The standard InChI is InChI=1S/C19H15AsClO.HI/c1-20(14-7-6-8-15(21)13-14)16-9-2-4-11-18(16)22-19-12-5-3-10-17(19)20;/h2-13H,1H3;1H/q+1;/p-1. The molecular formula is C19H15AsClIO. The number of fused-ring (bicyclic) bond motifs is 2. The van der Waals surface area contributed by atoms with Crippen molar-refractivity contribution in [1.82, 2.24) is 0 Å². The second-order valence-electron chi connectivity index (χ2n) is 5.52. The van der Waals surface area contributed by atoms with Gasteiger partial charge in [-0.3, -0.25) is 0 Å². The Hall–Kier alpha value is -0.962. The molecule has 4 rings (SSSR count). The molecule has 0 atom stereocenters. The minimum atomic E-state index is -2.53. The van der Waals surface area contributed by atoms with Gasteiger partial charge in [-0.05, 0) is 0 Å². The van der Waals surface area contributed by atoms with E-state index in [9.17, 15) is 0 Å². The van der Waals surface area contributed by atoms with Gasteiger partial charge in [-0.15, -0.1) is 0 Å². The summed E-state index contributed by atoms with van der Waals surface area (Å²) in [6.45, 7) is 0. The van der Waals surface area contributed by atoms with Crippen molar-refractivity contribution in [1.29, 1.82) is 0 Å². The number of para-hydroxylation sites is 2. The van der Waals surface area contributed by atoms with Crippen LogP contribution in [0, 0.1) is 0 Å². The fraction of sp³-hybridized carbons (Fsp3) is 0.0526. The van der Waals surface area contributed by atoms with Crippen molar-refractivity contribution >= 4 is 38.2 Å². The van der Waals surface area contributed by atoms with Crippen LogP contribution in [0.2, 0.25) is 10.7 Å². The summed E-state index contributed by atoms with van der Waals surface area (Å²) in [5, 5.41) is 0.793. The number of halogens is 2. The molecule has 0 saturated carbocycles. The normalized spacial score (nSPS) is 14.0. The van der Waals surface area contributed by atoms with E-state index in [-0.39, 0.29) is 24.0 Å². The molecule has 1 aliphatic rings. The van der Waals surface area contributed by atoms with E-state index in [2.05, 4.69) is 54.2 Å². The molecule has 0 amide bonds. The molecule has 0 bridgehead atoms. The van der Waals surface area contributed by atoms with Crippen LogP contribution in [0.1, 0.15) is 0 Å². The van der Waals surface area contributed by atoms with E-state index in [0.29, 0.717) is 0 Å². The van der Waals surface area contributed by atoms with Crippen molar-refractivity contribution in [2.24, 2.45) is 0 Å². The van der Waals surface area contributed by atoms with E-state index in [4.69, 9.17) is 16.3 Å². The summed E-state index contributed by atoms with van der Waals surface area (Å²) >= 11 is 3.75. The van der Waals surface area contributed by atoms with Crippen LogP contribution in [-0.4, -0.2) is 13.6 Å². The van der Waals surface area contributed by atoms with E-state index in [0.717, 1.165) is 16.5 Å². The SMILES string of the molecule is C[As+]1(c2cccc(Cl)c2)c2ccccc2Oc2ccccc21.[I-]. The summed E-state index contributed by atoms with van der Waals surface area (Å²) in [6.07, 6.45) is 0. The van der Waals surface area contributed by atoms with Crippen LogP contribution in [0.15, 0.2) is 72.8 Å². The average molecular weight is 497 g/mol. The Morgan fingerprint density at radius 3 is 1.91 bits per heavy atom. The molecule has 1 nitrogen and oxygen atoms in total. The van der Waals surface area contributed by atoms with Gasteiger partial charge in [0.1, 0.15) is 0 Å². The van der Waals surface area contributed by atoms with Gasteiger partial charge in [-0.25, -0.2) is 0 Å². The van der Waals surface area contributed by atoms with Crippen molar-refractivity contribution in [2.75, 3.05) is 0 Å². The van der Waals surface area contributed by atoms with Gasteiger partial charge in [0.2, 0.25) is 0 Å². The number of hydrogen-bond acceptors (Lipinski definition) is 1. The summed E-state index contributed by atoms with van der Waals surface area (Å²) in [4.78, 5) is 0. The van der Waals surface area contributed by atoms with Crippen LogP contribution in [0.3, 0.4) is 0 Å². The first-order valence-corrected chi connectivity index (χ1v) is 12.3. The molecule has 0 saturated heterocycles. The van der Waals surface area contributed by atoms with Gasteiger partial charge in [0.15, 0.2) is 0 Å². The van der Waals surface area contributed by atoms with E-state index < -0.39 is 13.6 Å². The number of ether oxygens (including phenoxy) is 1. The van der Waals surface area contributed by atoms with Crippen LogP contribution in [-0.2, 0) is 0 Å². The van der Waals surface area contributed by atoms with Crippen molar-refractivity contribution in [3.8, 4) is 11.5 Å². The fourth-order valence-electron chi connectivity index (χ4n) is 3.11. The Balaban J connectivity index is 0.00000156. The molecule has 1 heterocycles.